The first kappa shape index (κ1) is 12.7. The molecule has 0 aliphatic carbocycles. The average molecular weight is 225 g/mol. The van der Waals surface area contributed by atoms with Crippen LogP contribution in [0.15, 0.2) is 6.07 Å². The fraction of sp³-hybridized carbons (Fsp3) is 0.636. The van der Waals surface area contributed by atoms with E-state index in [9.17, 15) is 0 Å². The Morgan fingerprint density at radius 2 is 1.69 bits per heavy atom. The fourth-order valence-electron chi connectivity index (χ4n) is 1.32. The first-order chi connectivity index (χ1) is 7.65. The Hall–Kier alpha value is -1.36. The Morgan fingerprint density at radius 1 is 1.12 bits per heavy atom. The van der Waals surface area contributed by atoms with Gasteiger partial charge in [0, 0.05) is 6.42 Å². The molecule has 5 nitrogen and oxygen atoms in total. The second kappa shape index (κ2) is 6.27. The molecule has 0 radical (unpaired) electrons. The predicted octanol–water partition coefficient (Wildman–Crippen LogP) is 0.988. The molecule has 0 amide bonds. The molecule has 0 spiro atoms. The third-order valence-electron chi connectivity index (χ3n) is 2.15. The summed E-state index contributed by atoms with van der Waals surface area (Å²) >= 11 is 0. The quantitative estimate of drug-likeness (QED) is 0.722. The number of rotatable bonds is 6. The maximum Gasteiger partial charge on any atom is 0.220 e. The molecule has 1 heterocycles. The molecule has 0 unspecified atom stereocenters. The molecule has 90 valence electrons. The monoisotopic (exact) mass is 225 g/mol. The van der Waals surface area contributed by atoms with E-state index >= 15 is 0 Å². The van der Waals surface area contributed by atoms with Crippen molar-refractivity contribution < 1.29 is 9.47 Å². The van der Waals surface area contributed by atoms with Crippen LogP contribution in [0.5, 0.6) is 11.8 Å². The highest BCUT2D eigenvalue weighted by Gasteiger charge is 2.05. The first-order valence-corrected chi connectivity index (χ1v) is 5.26. The van der Waals surface area contributed by atoms with Crippen LogP contribution < -0.4 is 9.47 Å². The van der Waals surface area contributed by atoms with Gasteiger partial charge < -0.3 is 14.4 Å². The van der Waals surface area contributed by atoms with Crippen molar-refractivity contribution in [1.82, 2.24) is 14.9 Å². The third-order valence-corrected chi connectivity index (χ3v) is 2.15. The molecule has 0 saturated heterocycles. The lowest BCUT2D eigenvalue weighted by Gasteiger charge is -2.09. The summed E-state index contributed by atoms with van der Waals surface area (Å²) in [6, 6.07) is 1.68. The van der Waals surface area contributed by atoms with E-state index in [1.54, 1.807) is 20.3 Å². The van der Waals surface area contributed by atoms with E-state index in [0.29, 0.717) is 11.8 Å². The Kier molecular flexibility index (Phi) is 4.98. The van der Waals surface area contributed by atoms with E-state index < -0.39 is 0 Å². The summed E-state index contributed by atoms with van der Waals surface area (Å²) in [7, 11) is 7.27. The second-order valence-electron chi connectivity index (χ2n) is 3.78. The van der Waals surface area contributed by atoms with Crippen LogP contribution in [0.3, 0.4) is 0 Å². The molecule has 0 N–H and O–H groups in total. The van der Waals surface area contributed by atoms with Crippen molar-refractivity contribution in [3.05, 3.63) is 11.9 Å². The normalized spacial score (nSPS) is 10.6. The molecule has 0 aliphatic heterocycles. The van der Waals surface area contributed by atoms with E-state index in [4.69, 9.17) is 9.47 Å². The number of hydrogen-bond acceptors (Lipinski definition) is 5. The van der Waals surface area contributed by atoms with Gasteiger partial charge in [-0.05, 0) is 27.1 Å². The smallest absolute Gasteiger partial charge is 0.220 e. The van der Waals surface area contributed by atoms with E-state index in [1.165, 1.54) is 0 Å². The van der Waals surface area contributed by atoms with Crippen molar-refractivity contribution >= 4 is 0 Å². The lowest BCUT2D eigenvalue weighted by Crippen LogP contribution is -2.14. The average Bonchev–Trinajstić information content (AvgIpc) is 2.28. The summed E-state index contributed by atoms with van der Waals surface area (Å²) in [5.41, 5.74) is 0. The topological polar surface area (TPSA) is 47.5 Å². The van der Waals surface area contributed by atoms with Crippen molar-refractivity contribution in [1.29, 1.82) is 0 Å². The van der Waals surface area contributed by atoms with Crippen molar-refractivity contribution in [2.24, 2.45) is 0 Å². The maximum absolute atomic E-state index is 5.08. The molecule has 1 rings (SSSR count). The van der Waals surface area contributed by atoms with Crippen molar-refractivity contribution in [3.8, 4) is 11.8 Å². The lowest BCUT2D eigenvalue weighted by molar-refractivity contribution is 0.364. The highest BCUT2D eigenvalue weighted by atomic mass is 16.5. The predicted molar refractivity (Wildman–Crippen MR) is 62.0 cm³/mol. The van der Waals surface area contributed by atoms with Gasteiger partial charge in [0.1, 0.15) is 5.82 Å². The van der Waals surface area contributed by atoms with Crippen LogP contribution >= 0.6 is 0 Å². The first-order valence-electron chi connectivity index (χ1n) is 5.26. The molecule has 16 heavy (non-hydrogen) atoms. The summed E-state index contributed by atoms with van der Waals surface area (Å²) in [6.07, 6.45) is 1.84. The minimum atomic E-state index is 0.548. The van der Waals surface area contributed by atoms with E-state index in [1.807, 2.05) is 14.1 Å². The van der Waals surface area contributed by atoms with Crippen molar-refractivity contribution in [2.75, 3.05) is 34.9 Å². The minimum Gasteiger partial charge on any atom is -0.481 e. The molecule has 0 fully saturated rings. The van der Waals surface area contributed by atoms with E-state index in [2.05, 4.69) is 14.9 Å². The summed E-state index contributed by atoms with van der Waals surface area (Å²) < 4.78 is 10.2. The highest BCUT2D eigenvalue weighted by Crippen LogP contribution is 2.15. The lowest BCUT2D eigenvalue weighted by atomic mass is 10.3. The van der Waals surface area contributed by atoms with Crippen LogP contribution in [0.2, 0.25) is 0 Å². The summed E-state index contributed by atoms with van der Waals surface area (Å²) in [5, 5.41) is 0. The molecule has 0 saturated carbocycles. The molecule has 0 atom stereocenters. The van der Waals surface area contributed by atoms with Crippen molar-refractivity contribution in [2.45, 2.75) is 12.8 Å². The van der Waals surface area contributed by atoms with Crippen molar-refractivity contribution in [3.63, 3.8) is 0 Å². The standard InChI is InChI=1S/C11H19N3O2/c1-14(2)7-5-6-9-12-10(15-3)8-11(13-9)16-4/h8H,5-7H2,1-4H3. The van der Waals surface area contributed by atoms with Gasteiger partial charge in [0.05, 0.1) is 20.3 Å². The van der Waals surface area contributed by atoms with Crippen LogP contribution in [0.4, 0.5) is 0 Å². The molecule has 5 heteroatoms. The summed E-state index contributed by atoms with van der Waals surface area (Å²) in [4.78, 5) is 10.7. The molecule has 1 aromatic rings. The SMILES string of the molecule is COc1cc(OC)nc(CCCN(C)C)n1. The Labute approximate surface area is 96.4 Å². The van der Waals surface area contributed by atoms with E-state index in [-0.39, 0.29) is 0 Å². The van der Waals surface area contributed by atoms with Gasteiger partial charge in [-0.3, -0.25) is 0 Å². The van der Waals surface area contributed by atoms with Gasteiger partial charge in [0.25, 0.3) is 0 Å². The van der Waals surface area contributed by atoms with Gasteiger partial charge in [-0.15, -0.1) is 0 Å². The number of aryl methyl sites for hydroxylation is 1. The Bertz CT molecular complexity index is 307. The zero-order valence-electron chi connectivity index (χ0n) is 10.4. The molecule has 0 aromatic carbocycles. The zero-order valence-corrected chi connectivity index (χ0v) is 10.4. The van der Waals surface area contributed by atoms with Gasteiger partial charge in [0.15, 0.2) is 0 Å². The van der Waals surface area contributed by atoms with E-state index in [0.717, 1.165) is 25.2 Å². The third kappa shape index (κ3) is 4.02. The number of nitrogens with zero attached hydrogens (tertiary/aromatic N) is 3. The van der Waals surface area contributed by atoms with Gasteiger partial charge in [-0.1, -0.05) is 0 Å². The van der Waals surface area contributed by atoms with Crippen LogP contribution in [0, 0.1) is 0 Å². The Morgan fingerprint density at radius 3 is 2.12 bits per heavy atom. The summed E-state index contributed by atoms with van der Waals surface area (Å²) in [6.45, 7) is 1.02. The molecule has 1 aromatic heterocycles. The highest BCUT2D eigenvalue weighted by molar-refractivity contribution is 5.20. The number of aromatic nitrogens is 2. The number of methoxy groups -OCH3 is 2. The molecular weight excluding hydrogens is 206 g/mol. The number of ether oxygens (including phenoxy) is 2. The van der Waals surface area contributed by atoms with Crippen LogP contribution in [-0.4, -0.2) is 49.7 Å². The Balaban J connectivity index is 2.64. The molecule has 0 aliphatic rings. The molecular formula is C11H19N3O2. The van der Waals surface area contributed by atoms with Gasteiger partial charge in [-0.2, -0.15) is 9.97 Å². The summed E-state index contributed by atoms with van der Waals surface area (Å²) in [5.74, 6) is 1.86. The van der Waals surface area contributed by atoms with Crippen LogP contribution in [0.25, 0.3) is 0 Å². The zero-order chi connectivity index (χ0) is 12.0. The largest absolute Gasteiger partial charge is 0.481 e. The molecule has 0 bridgehead atoms. The second-order valence-corrected chi connectivity index (χ2v) is 3.78. The number of hydrogen-bond donors (Lipinski definition) is 0. The van der Waals surface area contributed by atoms with Crippen LogP contribution in [0.1, 0.15) is 12.2 Å². The van der Waals surface area contributed by atoms with Crippen LogP contribution in [-0.2, 0) is 6.42 Å². The fourth-order valence-corrected chi connectivity index (χ4v) is 1.32. The van der Waals surface area contributed by atoms with Gasteiger partial charge in [-0.25, -0.2) is 0 Å². The van der Waals surface area contributed by atoms with Gasteiger partial charge >= 0.3 is 0 Å². The van der Waals surface area contributed by atoms with Gasteiger partial charge in [0.2, 0.25) is 11.8 Å². The maximum atomic E-state index is 5.08. The minimum absolute atomic E-state index is 0.548.